The van der Waals surface area contributed by atoms with E-state index < -0.39 is 0 Å². The van der Waals surface area contributed by atoms with E-state index in [1.54, 1.807) is 25.4 Å². The molecule has 1 aliphatic rings. The average molecular weight is 489 g/mol. The van der Waals surface area contributed by atoms with Crippen LogP contribution in [0.5, 0.6) is 11.5 Å². The number of hydrogen-bond acceptors (Lipinski definition) is 6. The number of pyridine rings is 1. The molecule has 0 radical (unpaired) electrons. The van der Waals surface area contributed by atoms with Crippen LogP contribution in [0, 0.1) is 0 Å². The first-order chi connectivity index (χ1) is 17.6. The number of rotatable bonds is 10. The second-order valence-corrected chi connectivity index (χ2v) is 8.54. The minimum Gasteiger partial charge on any atom is -0.497 e. The van der Waals surface area contributed by atoms with Gasteiger partial charge < -0.3 is 24.6 Å². The standard InChI is InChI=1S/C28H32N4O4/c1-35-23-13-11-22(12-14-23)21-30-28(34)25-9-5-15-29-27(25)32-18-16-31(17-19-32)26(33)10-6-20-36-24-7-3-2-4-8-24/h2-5,7-9,11-15H,6,10,16-21H2,1H3,(H,30,34). The van der Waals surface area contributed by atoms with Crippen LogP contribution in [-0.4, -0.2) is 61.6 Å². The SMILES string of the molecule is COc1ccc(CNC(=O)c2cccnc2N2CCN(C(=O)CCCOc3ccccc3)CC2)cc1. The number of ether oxygens (including phenoxy) is 2. The van der Waals surface area contributed by atoms with Gasteiger partial charge >= 0.3 is 0 Å². The number of carbonyl (C=O) groups is 2. The third kappa shape index (κ3) is 6.75. The van der Waals surface area contributed by atoms with Crippen molar-refractivity contribution < 1.29 is 19.1 Å². The normalized spacial score (nSPS) is 13.2. The quantitative estimate of drug-likeness (QED) is 0.440. The summed E-state index contributed by atoms with van der Waals surface area (Å²) in [6, 6.07) is 20.8. The van der Waals surface area contributed by atoms with Gasteiger partial charge in [0.05, 0.1) is 19.3 Å². The first-order valence-corrected chi connectivity index (χ1v) is 12.2. The van der Waals surface area contributed by atoms with Crippen LogP contribution in [0.25, 0.3) is 0 Å². The molecule has 36 heavy (non-hydrogen) atoms. The first-order valence-electron chi connectivity index (χ1n) is 12.2. The van der Waals surface area contributed by atoms with E-state index in [0.29, 0.717) is 63.6 Å². The third-order valence-corrected chi connectivity index (χ3v) is 6.12. The lowest BCUT2D eigenvalue weighted by Gasteiger charge is -2.36. The zero-order valence-corrected chi connectivity index (χ0v) is 20.6. The molecule has 1 fully saturated rings. The number of piperazine rings is 1. The lowest BCUT2D eigenvalue weighted by Crippen LogP contribution is -2.49. The zero-order chi connectivity index (χ0) is 25.2. The first kappa shape index (κ1) is 25.0. The van der Waals surface area contributed by atoms with E-state index in [0.717, 1.165) is 17.1 Å². The van der Waals surface area contributed by atoms with E-state index in [4.69, 9.17) is 9.47 Å². The van der Waals surface area contributed by atoms with Gasteiger partial charge in [0, 0.05) is 45.3 Å². The summed E-state index contributed by atoms with van der Waals surface area (Å²) >= 11 is 0. The summed E-state index contributed by atoms with van der Waals surface area (Å²) < 4.78 is 10.9. The Morgan fingerprint density at radius 1 is 0.917 bits per heavy atom. The molecule has 8 nitrogen and oxygen atoms in total. The summed E-state index contributed by atoms with van der Waals surface area (Å²) in [5.41, 5.74) is 1.51. The smallest absolute Gasteiger partial charge is 0.255 e. The minimum atomic E-state index is -0.175. The molecule has 2 amide bonds. The highest BCUT2D eigenvalue weighted by Gasteiger charge is 2.24. The maximum absolute atomic E-state index is 12.9. The maximum Gasteiger partial charge on any atom is 0.255 e. The molecule has 0 spiro atoms. The number of anilines is 1. The maximum atomic E-state index is 12.9. The van der Waals surface area contributed by atoms with E-state index >= 15 is 0 Å². The van der Waals surface area contributed by atoms with Gasteiger partial charge in [-0.3, -0.25) is 9.59 Å². The molecular weight excluding hydrogens is 456 g/mol. The van der Waals surface area contributed by atoms with Gasteiger partial charge in [-0.2, -0.15) is 0 Å². The van der Waals surface area contributed by atoms with Crippen LogP contribution >= 0.6 is 0 Å². The lowest BCUT2D eigenvalue weighted by atomic mass is 10.1. The molecule has 1 N–H and O–H groups in total. The molecule has 0 aliphatic carbocycles. The van der Waals surface area contributed by atoms with Crippen molar-refractivity contribution in [2.45, 2.75) is 19.4 Å². The van der Waals surface area contributed by atoms with Gasteiger partial charge in [-0.25, -0.2) is 4.98 Å². The Bertz CT molecular complexity index is 1130. The third-order valence-electron chi connectivity index (χ3n) is 6.12. The van der Waals surface area contributed by atoms with Crippen LogP contribution in [-0.2, 0) is 11.3 Å². The number of carbonyl (C=O) groups excluding carboxylic acids is 2. The van der Waals surface area contributed by atoms with E-state index in [1.807, 2.05) is 59.5 Å². The number of hydrogen-bond donors (Lipinski definition) is 1. The van der Waals surface area contributed by atoms with Crippen LogP contribution in [0.2, 0.25) is 0 Å². The predicted octanol–water partition coefficient (Wildman–Crippen LogP) is 3.53. The Balaban J connectivity index is 1.25. The van der Waals surface area contributed by atoms with Crippen molar-refractivity contribution >= 4 is 17.6 Å². The minimum absolute atomic E-state index is 0.129. The monoisotopic (exact) mass is 488 g/mol. The van der Waals surface area contributed by atoms with Crippen LogP contribution in [0.4, 0.5) is 5.82 Å². The number of aromatic nitrogens is 1. The molecule has 2 heterocycles. The summed E-state index contributed by atoms with van der Waals surface area (Å²) in [4.78, 5) is 34.0. The lowest BCUT2D eigenvalue weighted by molar-refractivity contribution is -0.131. The second-order valence-electron chi connectivity index (χ2n) is 8.54. The number of benzene rings is 2. The van der Waals surface area contributed by atoms with Crippen LogP contribution in [0.15, 0.2) is 72.9 Å². The molecule has 0 bridgehead atoms. The molecule has 188 valence electrons. The Morgan fingerprint density at radius 3 is 2.39 bits per heavy atom. The summed E-state index contributed by atoms with van der Waals surface area (Å²) in [6.07, 6.45) is 2.82. The van der Waals surface area contributed by atoms with Crippen molar-refractivity contribution in [1.29, 1.82) is 0 Å². The van der Waals surface area contributed by atoms with Crippen molar-refractivity contribution in [3.63, 3.8) is 0 Å². The Labute approximate surface area is 211 Å². The molecule has 2 aromatic carbocycles. The molecule has 1 saturated heterocycles. The summed E-state index contributed by atoms with van der Waals surface area (Å²) in [5, 5.41) is 2.98. The largest absolute Gasteiger partial charge is 0.497 e. The highest BCUT2D eigenvalue weighted by molar-refractivity contribution is 5.98. The number of methoxy groups -OCH3 is 1. The fraction of sp³-hybridized carbons (Fsp3) is 0.321. The summed E-state index contributed by atoms with van der Waals surface area (Å²) in [6.45, 7) is 3.37. The average Bonchev–Trinajstić information content (AvgIpc) is 2.95. The molecular formula is C28H32N4O4. The van der Waals surface area contributed by atoms with Gasteiger partial charge in [0.2, 0.25) is 5.91 Å². The number of nitrogens with one attached hydrogen (secondary N) is 1. The predicted molar refractivity (Wildman–Crippen MR) is 138 cm³/mol. The fourth-order valence-corrected chi connectivity index (χ4v) is 4.10. The Hall–Kier alpha value is -4.07. The van der Waals surface area contributed by atoms with Crippen molar-refractivity contribution in [1.82, 2.24) is 15.2 Å². The van der Waals surface area contributed by atoms with Gasteiger partial charge in [0.15, 0.2) is 0 Å². The molecule has 4 rings (SSSR count). The van der Waals surface area contributed by atoms with Crippen molar-refractivity contribution in [3.05, 3.63) is 84.1 Å². The highest BCUT2D eigenvalue weighted by atomic mass is 16.5. The molecule has 0 atom stereocenters. The number of para-hydroxylation sites is 1. The van der Waals surface area contributed by atoms with E-state index in [1.165, 1.54) is 0 Å². The van der Waals surface area contributed by atoms with Crippen LogP contribution in [0.1, 0.15) is 28.8 Å². The Morgan fingerprint density at radius 2 is 1.67 bits per heavy atom. The summed E-state index contributed by atoms with van der Waals surface area (Å²) in [7, 11) is 1.62. The summed E-state index contributed by atoms with van der Waals surface area (Å²) in [5.74, 6) is 2.19. The Kier molecular flexibility index (Phi) is 8.75. The molecule has 3 aromatic rings. The van der Waals surface area contributed by atoms with Crippen molar-refractivity contribution in [2.24, 2.45) is 0 Å². The topological polar surface area (TPSA) is 84.0 Å². The van der Waals surface area contributed by atoms with Gasteiger partial charge in [0.1, 0.15) is 17.3 Å². The zero-order valence-electron chi connectivity index (χ0n) is 20.6. The van der Waals surface area contributed by atoms with Gasteiger partial charge in [-0.1, -0.05) is 30.3 Å². The fourth-order valence-electron chi connectivity index (χ4n) is 4.10. The van der Waals surface area contributed by atoms with Crippen molar-refractivity contribution in [3.8, 4) is 11.5 Å². The number of amides is 2. The second kappa shape index (κ2) is 12.6. The number of nitrogens with zero attached hydrogens (tertiary/aromatic N) is 3. The van der Waals surface area contributed by atoms with Crippen LogP contribution < -0.4 is 19.7 Å². The molecule has 1 aliphatic heterocycles. The van der Waals surface area contributed by atoms with Crippen LogP contribution in [0.3, 0.4) is 0 Å². The molecule has 0 unspecified atom stereocenters. The van der Waals surface area contributed by atoms with Crippen molar-refractivity contribution in [2.75, 3.05) is 44.8 Å². The van der Waals surface area contributed by atoms with Gasteiger partial charge in [-0.05, 0) is 48.4 Å². The van der Waals surface area contributed by atoms with Gasteiger partial charge in [-0.15, -0.1) is 0 Å². The van der Waals surface area contributed by atoms with E-state index in [-0.39, 0.29) is 11.8 Å². The molecule has 0 saturated carbocycles. The van der Waals surface area contributed by atoms with E-state index in [2.05, 4.69) is 15.2 Å². The van der Waals surface area contributed by atoms with E-state index in [9.17, 15) is 9.59 Å². The highest BCUT2D eigenvalue weighted by Crippen LogP contribution is 2.20. The van der Waals surface area contributed by atoms with Gasteiger partial charge in [0.25, 0.3) is 5.91 Å². The molecule has 8 heteroatoms. The molecule has 1 aromatic heterocycles.